The number of aromatic nitrogens is 1. The maximum atomic E-state index is 10.0. The van der Waals surface area contributed by atoms with Gasteiger partial charge in [0, 0.05) is 61.0 Å². The lowest BCUT2D eigenvalue weighted by atomic mass is 9.94. The molecule has 0 amide bonds. The molecule has 208 valence electrons. The van der Waals surface area contributed by atoms with Crippen LogP contribution in [-0.4, -0.2) is 69.4 Å². The minimum absolute atomic E-state index is 0.0933. The van der Waals surface area contributed by atoms with Crippen LogP contribution in [0, 0.1) is 22.7 Å². The fourth-order valence-corrected chi connectivity index (χ4v) is 6.28. The van der Waals surface area contributed by atoms with E-state index in [1.165, 1.54) is 25.9 Å². The minimum Gasteiger partial charge on any atom is -0.480 e. The van der Waals surface area contributed by atoms with Crippen molar-refractivity contribution >= 4 is 33.9 Å². The first-order chi connectivity index (χ1) is 19.5. The van der Waals surface area contributed by atoms with Gasteiger partial charge in [-0.1, -0.05) is 35.9 Å². The first kappa shape index (κ1) is 28.0. The summed E-state index contributed by atoms with van der Waals surface area (Å²) in [5.41, 5.74) is 3.60. The number of benzene rings is 2. The summed E-state index contributed by atoms with van der Waals surface area (Å²) in [5, 5.41) is 25.4. The van der Waals surface area contributed by atoms with Crippen LogP contribution in [0.25, 0.3) is 10.8 Å². The van der Waals surface area contributed by atoms with E-state index in [2.05, 4.69) is 57.4 Å². The molecule has 4 heterocycles. The molecule has 1 atom stereocenters. The Hall–Kier alpha value is -3.56. The van der Waals surface area contributed by atoms with Crippen molar-refractivity contribution in [2.75, 3.05) is 63.2 Å². The molecule has 9 heteroatoms. The number of nitriles is 2. The number of anilines is 2. The zero-order chi connectivity index (χ0) is 28.1. The number of halogens is 1. The van der Waals surface area contributed by atoms with Crippen molar-refractivity contribution in [2.24, 2.45) is 0 Å². The molecule has 8 nitrogen and oxygen atoms in total. The van der Waals surface area contributed by atoms with Crippen molar-refractivity contribution in [1.82, 2.24) is 15.2 Å². The zero-order valence-electron chi connectivity index (χ0n) is 23.3. The summed E-state index contributed by atoms with van der Waals surface area (Å²) in [5.74, 6) is 1.22. The molecule has 0 spiro atoms. The summed E-state index contributed by atoms with van der Waals surface area (Å²) >= 11 is 6.61. The largest absolute Gasteiger partial charge is 0.480 e. The number of nitrogens with one attached hydrogen (secondary N) is 1. The van der Waals surface area contributed by atoms with Crippen molar-refractivity contribution in [3.8, 4) is 18.0 Å². The third-order valence-corrected chi connectivity index (χ3v) is 8.35. The summed E-state index contributed by atoms with van der Waals surface area (Å²) in [4.78, 5) is 11.7. The zero-order valence-corrected chi connectivity index (χ0v) is 24.0. The average molecular weight is 558 g/mol. The Kier molecular flexibility index (Phi) is 8.91. The van der Waals surface area contributed by atoms with E-state index in [0.717, 1.165) is 64.5 Å². The lowest BCUT2D eigenvalue weighted by molar-refractivity contribution is 0.393. The second-order valence-electron chi connectivity index (χ2n) is 10.6. The van der Waals surface area contributed by atoms with Crippen LogP contribution >= 0.6 is 11.6 Å². The maximum absolute atomic E-state index is 10.0. The number of ether oxygens (including phenoxy) is 1. The highest BCUT2D eigenvalue weighted by Crippen LogP contribution is 2.39. The van der Waals surface area contributed by atoms with Crippen LogP contribution < -0.4 is 19.9 Å². The van der Waals surface area contributed by atoms with E-state index < -0.39 is 0 Å². The third-order valence-electron chi connectivity index (χ3n) is 8.04. The van der Waals surface area contributed by atoms with Crippen LogP contribution in [0.1, 0.15) is 36.0 Å². The van der Waals surface area contributed by atoms with Gasteiger partial charge in [-0.3, -0.25) is 0 Å². The van der Waals surface area contributed by atoms with E-state index in [1.54, 1.807) is 7.11 Å². The van der Waals surface area contributed by atoms with Crippen molar-refractivity contribution < 1.29 is 4.74 Å². The third kappa shape index (κ3) is 5.81. The van der Waals surface area contributed by atoms with Gasteiger partial charge < -0.3 is 24.8 Å². The predicted octanol–water partition coefficient (Wildman–Crippen LogP) is 4.74. The molecule has 3 aliphatic heterocycles. The first-order valence-electron chi connectivity index (χ1n) is 14.0. The lowest BCUT2D eigenvalue weighted by Gasteiger charge is -2.38. The molecule has 2 aromatic carbocycles. The predicted molar refractivity (Wildman–Crippen MR) is 160 cm³/mol. The van der Waals surface area contributed by atoms with Crippen LogP contribution in [0.5, 0.6) is 5.88 Å². The van der Waals surface area contributed by atoms with Crippen LogP contribution in [0.2, 0.25) is 5.02 Å². The van der Waals surface area contributed by atoms with E-state index >= 15 is 0 Å². The van der Waals surface area contributed by atoms with Gasteiger partial charge in [0.2, 0.25) is 5.88 Å². The summed E-state index contributed by atoms with van der Waals surface area (Å²) in [6.07, 6.45) is 4.03. The number of hydrogen-bond donors (Lipinski definition) is 1. The fraction of sp³-hybridized carbons (Fsp3) is 0.452. The average Bonchev–Trinajstić information content (AvgIpc) is 3.47. The Bertz CT molecular complexity index is 1440. The molecule has 1 N–H and O–H groups in total. The Morgan fingerprint density at radius 1 is 1.05 bits per heavy atom. The highest BCUT2D eigenvalue weighted by atomic mass is 35.5. The van der Waals surface area contributed by atoms with Crippen LogP contribution in [0.3, 0.4) is 0 Å². The van der Waals surface area contributed by atoms with Gasteiger partial charge in [-0.05, 0) is 56.9 Å². The summed E-state index contributed by atoms with van der Waals surface area (Å²) in [7, 11) is 3.73. The normalized spacial score (nSPS) is 18.9. The summed E-state index contributed by atoms with van der Waals surface area (Å²) in [6.45, 7) is 6.27. The molecule has 2 saturated heterocycles. The molecule has 0 saturated carbocycles. The van der Waals surface area contributed by atoms with E-state index in [1.807, 2.05) is 18.2 Å². The van der Waals surface area contributed by atoms with Gasteiger partial charge in [0.05, 0.1) is 24.6 Å². The Morgan fingerprint density at radius 3 is 2.50 bits per heavy atom. The number of piperazine rings is 1. The van der Waals surface area contributed by atoms with Gasteiger partial charge in [-0.25, -0.2) is 0 Å². The Balaban J connectivity index is 0.000000477. The number of methoxy groups -OCH3 is 1. The van der Waals surface area contributed by atoms with E-state index in [0.29, 0.717) is 31.0 Å². The first-order valence-corrected chi connectivity index (χ1v) is 14.4. The Morgan fingerprint density at radius 2 is 1.82 bits per heavy atom. The number of rotatable bonds is 4. The molecule has 3 aromatic rings. The molecule has 3 aliphatic rings. The molecule has 6 rings (SSSR count). The van der Waals surface area contributed by atoms with Crippen LogP contribution in [-0.2, 0) is 13.0 Å². The number of pyridine rings is 1. The number of likely N-dealkylation sites (tertiary alicyclic amines) is 1. The summed E-state index contributed by atoms with van der Waals surface area (Å²) < 4.78 is 5.57. The van der Waals surface area contributed by atoms with E-state index in [-0.39, 0.29) is 6.04 Å². The van der Waals surface area contributed by atoms with Gasteiger partial charge in [0.1, 0.15) is 17.5 Å². The Labute approximate surface area is 241 Å². The molecule has 40 heavy (non-hydrogen) atoms. The molecular formula is C31H36ClN7O. The van der Waals surface area contributed by atoms with E-state index in [9.17, 15) is 5.26 Å². The van der Waals surface area contributed by atoms with Gasteiger partial charge >= 0.3 is 0 Å². The molecule has 0 aliphatic carbocycles. The van der Waals surface area contributed by atoms with Crippen molar-refractivity contribution in [3.05, 3.63) is 58.1 Å². The number of fused-ring (bicyclic) bond motifs is 2. The van der Waals surface area contributed by atoms with E-state index in [4.69, 9.17) is 26.6 Å². The van der Waals surface area contributed by atoms with Crippen molar-refractivity contribution in [3.63, 3.8) is 0 Å². The second kappa shape index (κ2) is 12.7. The molecule has 2 fully saturated rings. The number of hydrogen-bond acceptors (Lipinski definition) is 8. The molecular weight excluding hydrogens is 522 g/mol. The summed E-state index contributed by atoms with van der Waals surface area (Å²) in [6, 6.07) is 16.8. The quantitative estimate of drug-likeness (QED) is 0.492. The second-order valence-corrected chi connectivity index (χ2v) is 11.1. The molecule has 1 unspecified atom stereocenters. The van der Waals surface area contributed by atoms with Crippen molar-refractivity contribution in [1.29, 1.82) is 10.5 Å². The lowest BCUT2D eigenvalue weighted by Crippen LogP contribution is -2.51. The molecule has 0 bridgehead atoms. The van der Waals surface area contributed by atoms with Crippen LogP contribution in [0.4, 0.5) is 11.5 Å². The van der Waals surface area contributed by atoms with Gasteiger partial charge in [0.15, 0.2) is 0 Å². The smallest absolute Gasteiger partial charge is 0.233 e. The molecule has 0 radical (unpaired) electrons. The number of nitrogens with zero attached hydrogens (tertiary/aromatic N) is 6. The molecule has 1 aromatic heterocycles. The highest BCUT2D eigenvalue weighted by molar-refractivity contribution is 6.36. The van der Waals surface area contributed by atoms with Gasteiger partial charge in [-0.2, -0.15) is 15.5 Å². The maximum Gasteiger partial charge on any atom is 0.233 e. The standard InChI is InChI=1S/C26H25ClN6O.C5H11N/c1-34-26-20(14-29)21-16-32(23-7-3-5-17-4-2-6-22(27)24(17)23)12-9-19(21)25(31-26)33-13-11-30-18(15-33)8-10-28;1-6-4-2-3-5-6/h2-7,18,30H,8-9,11-13,15-16H2,1H3;2-5H2,1H3. The van der Waals surface area contributed by atoms with Crippen molar-refractivity contribution in [2.45, 2.75) is 38.3 Å². The fourth-order valence-electron chi connectivity index (χ4n) is 6.00. The SMILES string of the molecule is CN1CCCC1.COc1nc(N2CCNC(CC#N)C2)c2c(c1C#N)CN(c1cccc3cccc(Cl)c13)CC2. The van der Waals surface area contributed by atoms with Gasteiger partial charge in [-0.15, -0.1) is 0 Å². The minimum atomic E-state index is 0.0933. The van der Waals surface area contributed by atoms with Crippen LogP contribution in [0.15, 0.2) is 36.4 Å². The highest BCUT2D eigenvalue weighted by Gasteiger charge is 2.31. The van der Waals surface area contributed by atoms with Gasteiger partial charge in [0.25, 0.3) is 0 Å². The monoisotopic (exact) mass is 557 g/mol. The topological polar surface area (TPSA) is 91.5 Å².